The van der Waals surface area contributed by atoms with Crippen LogP contribution in [0.4, 0.5) is 0 Å². The van der Waals surface area contributed by atoms with Crippen molar-refractivity contribution in [2.75, 3.05) is 41.3 Å². The average Bonchev–Trinajstić information content (AvgIpc) is 3.65. The van der Waals surface area contributed by atoms with Crippen molar-refractivity contribution in [1.29, 1.82) is 0 Å². The summed E-state index contributed by atoms with van der Waals surface area (Å²) in [6.45, 7) is 0.722. The van der Waals surface area contributed by atoms with Crippen LogP contribution in [-0.4, -0.2) is 69.1 Å². The lowest BCUT2D eigenvalue weighted by atomic mass is 9.93. The summed E-state index contributed by atoms with van der Waals surface area (Å²) in [5.74, 6) is -0.0858. The molecule has 0 aromatic heterocycles. The highest BCUT2D eigenvalue weighted by atomic mass is 16.7. The summed E-state index contributed by atoms with van der Waals surface area (Å²) < 4.78 is 33.5. The van der Waals surface area contributed by atoms with Gasteiger partial charge < -0.3 is 38.4 Å². The molecule has 3 aliphatic heterocycles. The van der Waals surface area contributed by atoms with Crippen LogP contribution in [-0.2, 0) is 14.3 Å². The fourth-order valence-corrected chi connectivity index (χ4v) is 4.92. The van der Waals surface area contributed by atoms with Crippen molar-refractivity contribution in [1.82, 2.24) is 4.90 Å². The number of carbonyl (C=O) groups excluding carboxylic acids is 2. The molecule has 2 aromatic carbocycles. The Hall–Kier alpha value is -3.92. The van der Waals surface area contributed by atoms with Gasteiger partial charge in [-0.1, -0.05) is 12.1 Å². The molecule has 3 aliphatic rings. The molecule has 5 rings (SSSR count). The maximum atomic E-state index is 13.4. The van der Waals surface area contributed by atoms with Gasteiger partial charge in [0, 0.05) is 24.3 Å². The van der Waals surface area contributed by atoms with Crippen molar-refractivity contribution in [3.05, 3.63) is 47.0 Å². The van der Waals surface area contributed by atoms with Crippen molar-refractivity contribution >= 4 is 17.4 Å². The number of amides is 1. The zero-order chi connectivity index (χ0) is 25.4. The summed E-state index contributed by atoms with van der Waals surface area (Å²) in [7, 11) is 4.44. The lowest BCUT2D eigenvalue weighted by Crippen LogP contribution is -2.36. The summed E-state index contributed by atoms with van der Waals surface area (Å²) in [5.41, 5.74) is 0.673. The van der Waals surface area contributed by atoms with Gasteiger partial charge in [0.2, 0.25) is 18.3 Å². The van der Waals surface area contributed by atoms with Crippen LogP contribution in [0, 0.1) is 0 Å². The third-order valence-electron chi connectivity index (χ3n) is 6.62. The first-order valence-corrected chi connectivity index (χ1v) is 11.6. The molecule has 3 heterocycles. The molecular formula is C26H27NO9. The number of hydrogen-bond donors (Lipinski definition) is 1. The van der Waals surface area contributed by atoms with Crippen LogP contribution in [0.25, 0.3) is 5.76 Å². The highest BCUT2D eigenvalue weighted by Gasteiger charge is 2.49. The predicted molar refractivity (Wildman–Crippen MR) is 127 cm³/mol. The van der Waals surface area contributed by atoms with Gasteiger partial charge >= 0.3 is 0 Å². The summed E-state index contributed by atoms with van der Waals surface area (Å²) in [5, 5.41) is 11.4. The van der Waals surface area contributed by atoms with E-state index in [9.17, 15) is 14.7 Å². The number of methoxy groups -OCH3 is 3. The van der Waals surface area contributed by atoms with Gasteiger partial charge in [-0.05, 0) is 31.0 Å². The van der Waals surface area contributed by atoms with E-state index in [2.05, 4.69) is 0 Å². The van der Waals surface area contributed by atoms with E-state index in [0.717, 1.165) is 12.8 Å². The number of fused-ring (bicyclic) bond motifs is 1. The number of ether oxygens (including phenoxy) is 6. The van der Waals surface area contributed by atoms with E-state index in [-0.39, 0.29) is 36.5 Å². The quantitative estimate of drug-likeness (QED) is 0.350. The molecule has 0 bridgehead atoms. The second-order valence-electron chi connectivity index (χ2n) is 8.58. The Labute approximate surface area is 207 Å². The van der Waals surface area contributed by atoms with Gasteiger partial charge in [-0.2, -0.15) is 0 Å². The van der Waals surface area contributed by atoms with E-state index >= 15 is 0 Å². The Bertz CT molecular complexity index is 1230. The van der Waals surface area contributed by atoms with Gasteiger partial charge in [0.1, 0.15) is 11.5 Å². The smallest absolute Gasteiger partial charge is 0.295 e. The fraction of sp³-hybridized carbons (Fsp3) is 0.385. The molecule has 0 spiro atoms. The molecule has 0 radical (unpaired) electrons. The van der Waals surface area contributed by atoms with Crippen LogP contribution >= 0.6 is 0 Å². The van der Waals surface area contributed by atoms with Gasteiger partial charge in [0.25, 0.3) is 11.7 Å². The third-order valence-corrected chi connectivity index (χ3v) is 6.62. The largest absolute Gasteiger partial charge is 0.507 e. The van der Waals surface area contributed by atoms with Gasteiger partial charge in [0.05, 0.1) is 39.0 Å². The molecule has 0 aliphatic carbocycles. The first kappa shape index (κ1) is 23.8. The molecule has 2 saturated heterocycles. The first-order chi connectivity index (χ1) is 17.5. The standard InChI is InChI=1S/C26H27NO9/c1-31-15-7-4-6-14(10-15)21(28)19-20(27(26(30)22(19)29)12-16-8-5-9-34-16)17-11-18(32-2)24-25(23(17)33-3)36-13-35-24/h4,6-7,10-11,16,20,28H,5,8-9,12-13H2,1-3H3/b21-19+. The number of nitrogens with zero attached hydrogens (tertiary/aromatic N) is 1. The van der Waals surface area contributed by atoms with Crippen molar-refractivity contribution in [3.63, 3.8) is 0 Å². The van der Waals surface area contributed by atoms with Crippen molar-refractivity contribution in [2.45, 2.75) is 25.0 Å². The number of likely N-dealkylation sites (tertiary alicyclic amines) is 1. The van der Waals surface area contributed by atoms with E-state index in [1.165, 1.54) is 26.2 Å². The minimum atomic E-state index is -0.987. The topological polar surface area (TPSA) is 113 Å². The molecule has 36 heavy (non-hydrogen) atoms. The number of aliphatic hydroxyl groups excluding tert-OH is 1. The Kier molecular flexibility index (Phi) is 6.36. The summed E-state index contributed by atoms with van der Waals surface area (Å²) in [6, 6.07) is 7.30. The number of aliphatic hydroxyl groups is 1. The maximum absolute atomic E-state index is 13.4. The zero-order valence-electron chi connectivity index (χ0n) is 20.2. The number of benzene rings is 2. The number of carbonyl (C=O) groups is 2. The summed E-state index contributed by atoms with van der Waals surface area (Å²) in [6.07, 6.45) is 1.39. The van der Waals surface area contributed by atoms with Gasteiger partial charge in [-0.3, -0.25) is 9.59 Å². The summed E-state index contributed by atoms with van der Waals surface area (Å²) in [4.78, 5) is 28.2. The number of ketones is 1. The Morgan fingerprint density at radius 3 is 2.58 bits per heavy atom. The minimum absolute atomic E-state index is 0.0363. The van der Waals surface area contributed by atoms with E-state index in [4.69, 9.17) is 28.4 Å². The fourth-order valence-electron chi connectivity index (χ4n) is 4.92. The summed E-state index contributed by atoms with van der Waals surface area (Å²) >= 11 is 0. The molecule has 0 saturated carbocycles. The molecule has 1 N–H and O–H groups in total. The Morgan fingerprint density at radius 2 is 1.89 bits per heavy atom. The van der Waals surface area contributed by atoms with Gasteiger partial charge in [-0.15, -0.1) is 0 Å². The molecule has 190 valence electrons. The predicted octanol–water partition coefficient (Wildman–Crippen LogP) is 3.04. The van der Waals surface area contributed by atoms with Gasteiger partial charge in [0.15, 0.2) is 11.5 Å². The average molecular weight is 498 g/mol. The molecule has 2 aromatic rings. The van der Waals surface area contributed by atoms with Crippen molar-refractivity contribution < 1.29 is 43.1 Å². The van der Waals surface area contributed by atoms with Crippen LogP contribution in [0.3, 0.4) is 0 Å². The van der Waals surface area contributed by atoms with E-state index in [0.29, 0.717) is 40.7 Å². The van der Waals surface area contributed by atoms with Gasteiger partial charge in [-0.25, -0.2) is 0 Å². The van der Waals surface area contributed by atoms with Crippen molar-refractivity contribution in [3.8, 4) is 28.7 Å². The number of Topliss-reactive ketones (excluding diaryl/α,β-unsaturated/α-hetero) is 1. The molecule has 10 nitrogen and oxygen atoms in total. The maximum Gasteiger partial charge on any atom is 0.295 e. The van der Waals surface area contributed by atoms with Crippen molar-refractivity contribution in [2.24, 2.45) is 0 Å². The highest BCUT2D eigenvalue weighted by molar-refractivity contribution is 6.46. The molecule has 1 amide bonds. The van der Waals surface area contributed by atoms with Crippen LogP contribution in [0.2, 0.25) is 0 Å². The lowest BCUT2D eigenvalue weighted by Gasteiger charge is -2.29. The molecule has 10 heteroatoms. The van der Waals surface area contributed by atoms with E-state index in [1.807, 2.05) is 0 Å². The zero-order valence-corrected chi connectivity index (χ0v) is 20.2. The van der Waals surface area contributed by atoms with E-state index in [1.54, 1.807) is 30.3 Å². The van der Waals surface area contributed by atoms with Crippen LogP contribution in [0.5, 0.6) is 28.7 Å². The third kappa shape index (κ3) is 3.87. The second kappa shape index (κ2) is 9.62. The van der Waals surface area contributed by atoms with E-state index < -0.39 is 17.7 Å². The SMILES string of the molecule is COc1cccc(/C(O)=C2\C(=O)C(=O)N(CC3CCCO3)C2c2cc(OC)c3c(c2OC)OCO3)c1. The molecule has 2 unspecified atom stereocenters. The minimum Gasteiger partial charge on any atom is -0.507 e. The Morgan fingerprint density at radius 1 is 1.08 bits per heavy atom. The second-order valence-corrected chi connectivity index (χ2v) is 8.58. The monoisotopic (exact) mass is 497 g/mol. The lowest BCUT2D eigenvalue weighted by molar-refractivity contribution is -0.140. The molecule has 2 fully saturated rings. The molecule has 2 atom stereocenters. The Balaban J connectivity index is 1.73. The number of rotatable bonds is 7. The van der Waals surface area contributed by atoms with Crippen LogP contribution in [0.1, 0.15) is 30.0 Å². The van der Waals surface area contributed by atoms with Crippen LogP contribution in [0.15, 0.2) is 35.9 Å². The molecular weight excluding hydrogens is 470 g/mol. The van der Waals surface area contributed by atoms with Crippen LogP contribution < -0.4 is 23.7 Å². The normalized spacial score (nSPS) is 22.2. The first-order valence-electron chi connectivity index (χ1n) is 11.6. The highest BCUT2D eigenvalue weighted by Crippen LogP contribution is 2.54. The number of hydrogen-bond acceptors (Lipinski definition) is 9.